The Morgan fingerprint density at radius 1 is 1.21 bits per heavy atom. The summed E-state index contributed by atoms with van der Waals surface area (Å²) < 4.78 is 0. The molecule has 1 aromatic carbocycles. The van der Waals surface area contributed by atoms with E-state index in [0.29, 0.717) is 0 Å². The van der Waals surface area contributed by atoms with Crippen LogP contribution in [0.2, 0.25) is 0 Å². The predicted molar refractivity (Wildman–Crippen MR) is 80.1 cm³/mol. The molecule has 1 radical (unpaired) electrons. The zero-order chi connectivity index (χ0) is 13.2. The van der Waals surface area contributed by atoms with Gasteiger partial charge in [0, 0.05) is 11.3 Å². The van der Waals surface area contributed by atoms with Crippen LogP contribution in [0, 0.1) is 13.3 Å². The number of fused-ring (bicyclic) bond motifs is 1. The lowest BCUT2D eigenvalue weighted by atomic mass is 9.85. The van der Waals surface area contributed by atoms with Crippen molar-refractivity contribution in [3.63, 3.8) is 0 Å². The molecule has 0 saturated carbocycles. The molecule has 0 bridgehead atoms. The molecule has 1 aliphatic carbocycles. The van der Waals surface area contributed by atoms with Crippen LogP contribution in [-0.2, 0) is 12.8 Å². The van der Waals surface area contributed by atoms with E-state index in [1.807, 2.05) is 0 Å². The summed E-state index contributed by atoms with van der Waals surface area (Å²) in [5.41, 5.74) is 7.89. The van der Waals surface area contributed by atoms with Crippen molar-refractivity contribution in [3.05, 3.63) is 59.1 Å². The van der Waals surface area contributed by atoms with Gasteiger partial charge in [0.1, 0.15) is 0 Å². The van der Waals surface area contributed by atoms with Crippen LogP contribution in [0.3, 0.4) is 0 Å². The first-order valence-electron chi connectivity index (χ1n) is 7.21. The van der Waals surface area contributed by atoms with Gasteiger partial charge in [-0.05, 0) is 73.9 Å². The van der Waals surface area contributed by atoms with Crippen LogP contribution >= 0.6 is 0 Å². The highest BCUT2D eigenvalue weighted by molar-refractivity contribution is 5.68. The Hall–Kier alpha value is -1.63. The second-order valence-corrected chi connectivity index (χ2v) is 5.33. The van der Waals surface area contributed by atoms with E-state index in [4.69, 9.17) is 4.98 Å². The Bertz CT molecular complexity index is 599. The number of rotatable bonds is 2. The van der Waals surface area contributed by atoms with Gasteiger partial charge in [0.15, 0.2) is 0 Å². The van der Waals surface area contributed by atoms with Gasteiger partial charge in [0.2, 0.25) is 0 Å². The normalized spacial score (nSPS) is 14.2. The van der Waals surface area contributed by atoms with Crippen molar-refractivity contribution in [2.24, 2.45) is 0 Å². The zero-order valence-electron chi connectivity index (χ0n) is 11.7. The van der Waals surface area contributed by atoms with Crippen molar-refractivity contribution < 1.29 is 0 Å². The molecule has 0 spiro atoms. The third-order valence-corrected chi connectivity index (χ3v) is 3.91. The second kappa shape index (κ2) is 5.16. The first-order valence-corrected chi connectivity index (χ1v) is 7.21. The molecule has 97 valence electrons. The van der Waals surface area contributed by atoms with E-state index in [-0.39, 0.29) is 0 Å². The quantitative estimate of drug-likeness (QED) is 0.764. The number of benzene rings is 1. The Morgan fingerprint density at radius 2 is 2.11 bits per heavy atom. The summed E-state index contributed by atoms with van der Waals surface area (Å²) in [6.45, 7) is 4.28. The highest BCUT2D eigenvalue weighted by Crippen LogP contribution is 2.33. The van der Waals surface area contributed by atoms with Crippen molar-refractivity contribution >= 4 is 0 Å². The van der Waals surface area contributed by atoms with E-state index in [1.54, 1.807) is 0 Å². The van der Waals surface area contributed by atoms with E-state index in [1.165, 1.54) is 41.5 Å². The van der Waals surface area contributed by atoms with Crippen LogP contribution in [0.1, 0.15) is 42.1 Å². The molecule has 0 unspecified atom stereocenters. The van der Waals surface area contributed by atoms with Crippen LogP contribution in [0.4, 0.5) is 0 Å². The minimum absolute atomic E-state index is 1.08. The van der Waals surface area contributed by atoms with Crippen molar-refractivity contribution in [1.29, 1.82) is 0 Å². The van der Waals surface area contributed by atoms with Gasteiger partial charge in [0.25, 0.3) is 0 Å². The van der Waals surface area contributed by atoms with E-state index < -0.39 is 0 Å². The number of hydrogen-bond donors (Lipinski definition) is 0. The van der Waals surface area contributed by atoms with Gasteiger partial charge in [-0.3, -0.25) is 4.98 Å². The minimum Gasteiger partial charge on any atom is -0.253 e. The van der Waals surface area contributed by atoms with Gasteiger partial charge in [0.05, 0.1) is 5.69 Å². The standard InChI is InChI=1S/C18H20N/c1-3-14-11-15-8-4-5-9-16(15)17(12-14)18-10-6-7-13(2)19-18/h6-8,10-12H,3-5,9H2,1-2H3. The SMILES string of the molecule is CCc1cc2c(c(-c3cccc(C)n3)c1)CCC[CH]2. The summed E-state index contributed by atoms with van der Waals surface area (Å²) in [5.74, 6) is 0. The molecule has 2 aromatic rings. The van der Waals surface area contributed by atoms with Crippen molar-refractivity contribution in [1.82, 2.24) is 4.98 Å². The molecule has 1 heteroatoms. The van der Waals surface area contributed by atoms with Crippen LogP contribution in [0.25, 0.3) is 11.3 Å². The molecule has 0 saturated heterocycles. The van der Waals surface area contributed by atoms with E-state index in [2.05, 4.69) is 50.6 Å². The fraction of sp³-hybridized carbons (Fsp3) is 0.333. The number of pyridine rings is 1. The predicted octanol–water partition coefficient (Wildman–Crippen LogP) is 4.51. The monoisotopic (exact) mass is 250 g/mol. The fourth-order valence-corrected chi connectivity index (χ4v) is 2.88. The molecule has 0 aliphatic heterocycles. The van der Waals surface area contributed by atoms with Crippen LogP contribution in [0.5, 0.6) is 0 Å². The number of nitrogens with zero attached hydrogens (tertiary/aromatic N) is 1. The Balaban J connectivity index is 2.18. The van der Waals surface area contributed by atoms with Crippen LogP contribution in [-0.4, -0.2) is 4.98 Å². The molecule has 19 heavy (non-hydrogen) atoms. The largest absolute Gasteiger partial charge is 0.253 e. The fourth-order valence-electron chi connectivity index (χ4n) is 2.88. The van der Waals surface area contributed by atoms with Gasteiger partial charge >= 0.3 is 0 Å². The molecule has 1 nitrogen and oxygen atoms in total. The Morgan fingerprint density at radius 3 is 2.89 bits per heavy atom. The second-order valence-electron chi connectivity index (χ2n) is 5.33. The molecule has 0 fully saturated rings. The van der Waals surface area contributed by atoms with E-state index >= 15 is 0 Å². The summed E-state index contributed by atoms with van der Waals surface area (Å²) in [4.78, 5) is 4.71. The molecule has 0 atom stereocenters. The van der Waals surface area contributed by atoms with Gasteiger partial charge in [-0.1, -0.05) is 19.1 Å². The smallest absolute Gasteiger partial charge is 0.0708 e. The van der Waals surface area contributed by atoms with Crippen LogP contribution in [0.15, 0.2) is 30.3 Å². The number of aryl methyl sites for hydroxylation is 2. The summed E-state index contributed by atoms with van der Waals surface area (Å²) >= 11 is 0. The summed E-state index contributed by atoms with van der Waals surface area (Å²) in [6.07, 6.45) is 7.12. The molecular weight excluding hydrogens is 230 g/mol. The third kappa shape index (κ3) is 2.42. The van der Waals surface area contributed by atoms with Crippen molar-refractivity contribution in [2.45, 2.75) is 39.5 Å². The van der Waals surface area contributed by atoms with E-state index in [0.717, 1.165) is 17.8 Å². The number of hydrogen-bond acceptors (Lipinski definition) is 1. The molecule has 1 aliphatic rings. The van der Waals surface area contributed by atoms with Gasteiger partial charge in [-0.2, -0.15) is 0 Å². The maximum Gasteiger partial charge on any atom is 0.0708 e. The zero-order valence-corrected chi connectivity index (χ0v) is 11.7. The molecule has 0 amide bonds. The molecule has 1 heterocycles. The van der Waals surface area contributed by atoms with Crippen molar-refractivity contribution in [2.75, 3.05) is 0 Å². The highest BCUT2D eigenvalue weighted by atomic mass is 14.7. The maximum atomic E-state index is 4.71. The Labute approximate surface area is 115 Å². The van der Waals surface area contributed by atoms with Gasteiger partial charge in [-0.25, -0.2) is 0 Å². The third-order valence-electron chi connectivity index (χ3n) is 3.91. The Kier molecular flexibility index (Phi) is 3.37. The molecule has 1 aromatic heterocycles. The maximum absolute atomic E-state index is 4.71. The van der Waals surface area contributed by atoms with E-state index in [9.17, 15) is 0 Å². The average Bonchev–Trinajstić information content (AvgIpc) is 2.46. The summed E-state index contributed by atoms with van der Waals surface area (Å²) in [6, 6.07) is 11.0. The lowest BCUT2D eigenvalue weighted by molar-refractivity contribution is 0.774. The lowest BCUT2D eigenvalue weighted by Crippen LogP contribution is -2.05. The summed E-state index contributed by atoms with van der Waals surface area (Å²) in [7, 11) is 0. The van der Waals surface area contributed by atoms with Crippen LogP contribution < -0.4 is 0 Å². The van der Waals surface area contributed by atoms with Crippen molar-refractivity contribution in [3.8, 4) is 11.3 Å². The van der Waals surface area contributed by atoms with Gasteiger partial charge < -0.3 is 0 Å². The molecular formula is C18H20N. The topological polar surface area (TPSA) is 12.9 Å². The molecule has 3 rings (SSSR count). The first kappa shape index (κ1) is 12.4. The lowest BCUT2D eigenvalue weighted by Gasteiger charge is -2.20. The average molecular weight is 250 g/mol. The number of aromatic nitrogens is 1. The first-order chi connectivity index (χ1) is 9.28. The van der Waals surface area contributed by atoms with Gasteiger partial charge in [-0.15, -0.1) is 0 Å². The summed E-state index contributed by atoms with van der Waals surface area (Å²) in [5, 5.41) is 0. The molecule has 0 N–H and O–H groups in total. The highest BCUT2D eigenvalue weighted by Gasteiger charge is 2.16. The minimum atomic E-state index is 1.08.